The number of likely N-dealkylation sites (N-methyl/N-ethyl adjacent to an activating group) is 1. The van der Waals surface area contributed by atoms with Crippen molar-refractivity contribution < 1.29 is 38.2 Å². The lowest BCUT2D eigenvalue weighted by Crippen LogP contribution is -2.50. The van der Waals surface area contributed by atoms with Crippen LogP contribution in [0.2, 0.25) is 0 Å². The minimum Gasteiger partial charge on any atom is -0.477 e. The molecule has 0 aliphatic heterocycles. The first kappa shape index (κ1) is 35.1. The van der Waals surface area contributed by atoms with E-state index in [2.05, 4.69) is 26.0 Å². The quantitative estimate of drug-likeness (QED) is 0.0745. The summed E-state index contributed by atoms with van der Waals surface area (Å²) in [5, 5.41) is 9.46. The number of hydrogen-bond acceptors (Lipinski definition) is 6. The van der Waals surface area contributed by atoms with Gasteiger partial charge in [0.05, 0.1) is 34.4 Å². The van der Waals surface area contributed by atoms with Gasteiger partial charge in [-0.25, -0.2) is 4.79 Å². The fourth-order valence-corrected chi connectivity index (χ4v) is 3.85. The van der Waals surface area contributed by atoms with E-state index in [1.54, 1.807) is 0 Å². The number of carbonyl (C=O) groups excluding carboxylic acids is 2. The summed E-state index contributed by atoms with van der Waals surface area (Å²) in [4.78, 5) is 35.9. The molecule has 8 nitrogen and oxygen atoms in total. The maximum absolute atomic E-state index is 12.4. The van der Waals surface area contributed by atoms with Gasteiger partial charge in [-0.05, 0) is 32.1 Å². The van der Waals surface area contributed by atoms with Gasteiger partial charge in [-0.1, -0.05) is 64.5 Å². The second-order valence-corrected chi connectivity index (χ2v) is 10.7. The third kappa shape index (κ3) is 20.8. The van der Waals surface area contributed by atoms with Gasteiger partial charge in [-0.15, -0.1) is 0 Å². The lowest BCUT2D eigenvalue weighted by atomic mass is 10.1. The van der Waals surface area contributed by atoms with E-state index in [0.29, 0.717) is 19.3 Å². The molecule has 216 valence electrons. The van der Waals surface area contributed by atoms with Crippen LogP contribution >= 0.6 is 0 Å². The fraction of sp³-hybridized carbons (Fsp3) is 0.828. The molecule has 0 radical (unpaired) electrons. The lowest BCUT2D eigenvalue weighted by molar-refractivity contribution is -0.887. The molecular weight excluding hydrogens is 474 g/mol. The summed E-state index contributed by atoms with van der Waals surface area (Å²) in [5.41, 5.74) is 0. The zero-order valence-corrected chi connectivity index (χ0v) is 24.2. The lowest BCUT2D eigenvalue weighted by Gasteiger charge is -2.31. The van der Waals surface area contributed by atoms with Gasteiger partial charge in [0.1, 0.15) is 6.61 Å². The van der Waals surface area contributed by atoms with E-state index in [1.807, 2.05) is 21.1 Å². The van der Waals surface area contributed by atoms with E-state index >= 15 is 0 Å². The van der Waals surface area contributed by atoms with Crippen LogP contribution in [0.25, 0.3) is 0 Å². The average Bonchev–Trinajstić information content (AvgIpc) is 2.82. The summed E-state index contributed by atoms with van der Waals surface area (Å²) in [7, 11) is 5.48. The highest BCUT2D eigenvalue weighted by atomic mass is 16.6. The molecule has 2 unspecified atom stereocenters. The van der Waals surface area contributed by atoms with Crippen LogP contribution in [0.4, 0.5) is 0 Å². The minimum absolute atomic E-state index is 0.0556. The maximum atomic E-state index is 12.4. The van der Waals surface area contributed by atoms with Crippen LogP contribution in [0.15, 0.2) is 12.2 Å². The number of aliphatic carboxylic acids is 1. The zero-order chi connectivity index (χ0) is 27.9. The topological polar surface area (TPSA) is 99.1 Å². The van der Waals surface area contributed by atoms with E-state index in [1.165, 1.54) is 12.8 Å². The molecule has 1 N–H and O–H groups in total. The van der Waals surface area contributed by atoms with Gasteiger partial charge < -0.3 is 23.8 Å². The SMILES string of the molecule is CCC/C=C\CCCCCCCC(=O)OC(COCCC(C(=O)O)[N+](C)(C)C)COC(=O)CCCCC. The first-order chi connectivity index (χ1) is 17.6. The summed E-state index contributed by atoms with van der Waals surface area (Å²) in [6, 6.07) is -0.607. The Balaban J connectivity index is 4.47. The highest BCUT2D eigenvalue weighted by Crippen LogP contribution is 2.11. The van der Waals surface area contributed by atoms with E-state index in [-0.39, 0.29) is 36.2 Å². The summed E-state index contributed by atoms with van der Waals surface area (Å²) in [6.07, 6.45) is 16.1. The number of hydrogen-bond donors (Lipinski definition) is 1. The average molecular weight is 529 g/mol. The molecule has 8 heteroatoms. The summed E-state index contributed by atoms with van der Waals surface area (Å²) >= 11 is 0. The number of allylic oxidation sites excluding steroid dienone is 2. The van der Waals surface area contributed by atoms with Crippen LogP contribution in [0.5, 0.6) is 0 Å². The Kier molecular flexibility index (Phi) is 20.9. The third-order valence-corrected chi connectivity index (χ3v) is 6.15. The molecular formula is C29H54NO7+. The molecule has 0 spiro atoms. The van der Waals surface area contributed by atoms with Crippen molar-refractivity contribution >= 4 is 17.9 Å². The molecule has 0 aromatic rings. The number of esters is 2. The van der Waals surface area contributed by atoms with Gasteiger partial charge in [-0.2, -0.15) is 0 Å². The molecule has 0 bridgehead atoms. The molecule has 0 fully saturated rings. The Morgan fingerprint density at radius 2 is 1.41 bits per heavy atom. The van der Waals surface area contributed by atoms with E-state index in [4.69, 9.17) is 14.2 Å². The number of carbonyl (C=O) groups is 3. The molecule has 37 heavy (non-hydrogen) atoms. The van der Waals surface area contributed by atoms with Gasteiger partial charge in [0.25, 0.3) is 0 Å². The molecule has 0 heterocycles. The van der Waals surface area contributed by atoms with Gasteiger partial charge >= 0.3 is 17.9 Å². The first-order valence-electron chi connectivity index (χ1n) is 14.2. The summed E-state index contributed by atoms with van der Waals surface area (Å²) < 4.78 is 16.8. The Bertz CT molecular complexity index is 643. The van der Waals surface area contributed by atoms with E-state index in [0.717, 1.165) is 57.8 Å². The monoisotopic (exact) mass is 528 g/mol. The second kappa shape index (κ2) is 22.1. The van der Waals surface area contributed by atoms with Crippen molar-refractivity contribution in [2.24, 2.45) is 0 Å². The van der Waals surface area contributed by atoms with E-state index in [9.17, 15) is 19.5 Å². The number of carboxylic acids is 1. The molecule has 2 atom stereocenters. The normalized spacial score (nSPS) is 13.4. The van der Waals surface area contributed by atoms with Crippen LogP contribution in [-0.4, -0.2) is 80.6 Å². The highest BCUT2D eigenvalue weighted by Gasteiger charge is 2.31. The van der Waals surface area contributed by atoms with Crippen molar-refractivity contribution in [2.75, 3.05) is 41.0 Å². The molecule has 0 aliphatic carbocycles. The van der Waals surface area contributed by atoms with Gasteiger partial charge in [0, 0.05) is 19.3 Å². The van der Waals surface area contributed by atoms with Crippen molar-refractivity contribution in [1.29, 1.82) is 0 Å². The van der Waals surface area contributed by atoms with Gasteiger partial charge in [0.15, 0.2) is 12.1 Å². The standard InChI is InChI=1S/C29H53NO7/c1-6-8-10-11-12-13-14-15-16-18-20-28(32)37-25(24-36-27(31)19-17-9-7-2)23-35-22-21-26(29(33)34)30(3,4)5/h10-11,25-26H,6-9,12-24H2,1-5H3/p+1/b11-10-. The van der Waals surface area contributed by atoms with Crippen molar-refractivity contribution in [3.05, 3.63) is 12.2 Å². The predicted molar refractivity (Wildman–Crippen MR) is 146 cm³/mol. The zero-order valence-electron chi connectivity index (χ0n) is 24.2. The van der Waals surface area contributed by atoms with Crippen molar-refractivity contribution in [3.8, 4) is 0 Å². The Hall–Kier alpha value is -1.93. The van der Waals surface area contributed by atoms with E-state index < -0.39 is 18.1 Å². The fourth-order valence-electron chi connectivity index (χ4n) is 3.85. The third-order valence-electron chi connectivity index (χ3n) is 6.15. The van der Waals surface area contributed by atoms with Crippen LogP contribution in [-0.2, 0) is 28.6 Å². The smallest absolute Gasteiger partial charge is 0.362 e. The number of nitrogens with zero attached hydrogens (tertiary/aromatic N) is 1. The van der Waals surface area contributed by atoms with Crippen molar-refractivity contribution in [2.45, 2.75) is 116 Å². The molecule has 0 aliphatic rings. The first-order valence-corrected chi connectivity index (χ1v) is 14.2. The molecule has 0 rings (SSSR count). The number of ether oxygens (including phenoxy) is 3. The van der Waals surface area contributed by atoms with Crippen molar-refractivity contribution in [3.63, 3.8) is 0 Å². The summed E-state index contributed by atoms with van der Waals surface area (Å²) in [6.45, 7) is 4.45. The Morgan fingerprint density at radius 3 is 2.05 bits per heavy atom. The summed E-state index contributed by atoms with van der Waals surface area (Å²) in [5.74, 6) is -1.52. The number of rotatable bonds is 24. The Morgan fingerprint density at radius 1 is 0.784 bits per heavy atom. The molecule has 0 saturated heterocycles. The molecule has 0 amide bonds. The van der Waals surface area contributed by atoms with Crippen LogP contribution < -0.4 is 0 Å². The van der Waals surface area contributed by atoms with Crippen LogP contribution in [0.1, 0.15) is 104 Å². The van der Waals surface area contributed by atoms with Gasteiger partial charge in [0.2, 0.25) is 0 Å². The number of carboxylic acid groups (broad SMARTS) is 1. The maximum Gasteiger partial charge on any atom is 0.362 e. The minimum atomic E-state index is -0.881. The molecule has 0 saturated carbocycles. The molecule has 0 aromatic heterocycles. The van der Waals surface area contributed by atoms with Crippen LogP contribution in [0.3, 0.4) is 0 Å². The van der Waals surface area contributed by atoms with Crippen LogP contribution in [0, 0.1) is 0 Å². The van der Waals surface area contributed by atoms with Gasteiger partial charge in [-0.3, -0.25) is 9.59 Å². The largest absolute Gasteiger partial charge is 0.477 e. The van der Waals surface area contributed by atoms with Crippen molar-refractivity contribution in [1.82, 2.24) is 0 Å². The number of unbranched alkanes of at least 4 members (excludes halogenated alkanes) is 8. The predicted octanol–water partition coefficient (Wildman–Crippen LogP) is 5.67. The highest BCUT2D eigenvalue weighted by molar-refractivity contribution is 5.72. The second-order valence-electron chi connectivity index (χ2n) is 10.7. The Labute approximate surface area is 225 Å². The number of quaternary nitrogens is 1. The molecule has 0 aromatic carbocycles.